The minimum absolute atomic E-state index is 0.127. The largest absolute Gasteiger partial charge is 0.462 e. The maximum Gasteiger partial charge on any atom is 0.306 e. The van der Waals surface area contributed by atoms with Gasteiger partial charge in [0.1, 0.15) is 13.2 Å². The van der Waals surface area contributed by atoms with Crippen molar-refractivity contribution < 1.29 is 28.6 Å². The van der Waals surface area contributed by atoms with Crippen LogP contribution in [0.1, 0.15) is 233 Å². The number of ether oxygens (including phenoxy) is 3. The molecule has 0 N–H and O–H groups in total. The summed E-state index contributed by atoms with van der Waals surface area (Å²) in [5.74, 6) is -1.05. The number of carbonyl (C=O) groups excluding carboxylic acids is 3. The fraction of sp³-hybridized carbons (Fsp3) is 0.591. The molecule has 72 heavy (non-hydrogen) atoms. The Morgan fingerprint density at radius 3 is 0.931 bits per heavy atom. The zero-order valence-electron chi connectivity index (χ0n) is 46.1. The molecule has 0 heterocycles. The van der Waals surface area contributed by atoms with Crippen LogP contribution in [0.4, 0.5) is 0 Å². The molecule has 0 bridgehead atoms. The summed E-state index contributed by atoms with van der Waals surface area (Å²) >= 11 is 0. The van der Waals surface area contributed by atoms with E-state index in [0.29, 0.717) is 19.3 Å². The van der Waals surface area contributed by atoms with Gasteiger partial charge in [-0.25, -0.2) is 0 Å². The summed E-state index contributed by atoms with van der Waals surface area (Å²) in [6.45, 7) is 6.30. The van der Waals surface area contributed by atoms with Crippen molar-refractivity contribution in [2.75, 3.05) is 13.2 Å². The van der Waals surface area contributed by atoms with Crippen molar-refractivity contribution in [2.24, 2.45) is 0 Å². The third-order valence-corrected chi connectivity index (χ3v) is 11.6. The summed E-state index contributed by atoms with van der Waals surface area (Å²) in [4.78, 5) is 38.1. The normalized spacial score (nSPS) is 13.2. The lowest BCUT2D eigenvalue weighted by molar-refractivity contribution is -0.166. The first-order valence-corrected chi connectivity index (χ1v) is 28.8. The van der Waals surface area contributed by atoms with Crippen molar-refractivity contribution in [3.05, 3.63) is 146 Å². The summed E-state index contributed by atoms with van der Waals surface area (Å²) in [7, 11) is 0. The summed E-state index contributed by atoms with van der Waals surface area (Å²) < 4.78 is 16.7. The lowest BCUT2D eigenvalue weighted by Crippen LogP contribution is -2.30. The third kappa shape index (κ3) is 56.2. The van der Waals surface area contributed by atoms with Crippen LogP contribution in [0.5, 0.6) is 0 Å². The summed E-state index contributed by atoms with van der Waals surface area (Å²) in [5.41, 5.74) is 0. The summed E-state index contributed by atoms with van der Waals surface area (Å²) in [6.07, 6.45) is 84.3. The van der Waals surface area contributed by atoms with Gasteiger partial charge in [-0.05, 0) is 109 Å². The highest BCUT2D eigenvalue weighted by atomic mass is 16.6. The van der Waals surface area contributed by atoms with E-state index in [1.807, 2.05) is 12.2 Å². The smallest absolute Gasteiger partial charge is 0.306 e. The fourth-order valence-corrected chi connectivity index (χ4v) is 7.35. The van der Waals surface area contributed by atoms with Crippen molar-refractivity contribution in [1.82, 2.24) is 0 Å². The van der Waals surface area contributed by atoms with Gasteiger partial charge in [-0.1, -0.05) is 250 Å². The van der Waals surface area contributed by atoms with Crippen molar-refractivity contribution in [1.29, 1.82) is 0 Å². The van der Waals surface area contributed by atoms with E-state index < -0.39 is 6.10 Å². The molecule has 6 nitrogen and oxygen atoms in total. The second kappa shape index (κ2) is 58.9. The second-order valence-electron chi connectivity index (χ2n) is 18.4. The number of hydrogen-bond donors (Lipinski definition) is 0. The molecule has 0 aromatic heterocycles. The van der Waals surface area contributed by atoms with Gasteiger partial charge in [0.05, 0.1) is 0 Å². The maximum absolute atomic E-state index is 12.8. The average molecular weight is 994 g/mol. The highest BCUT2D eigenvalue weighted by Crippen LogP contribution is 2.14. The Bertz CT molecular complexity index is 1610. The lowest BCUT2D eigenvalue weighted by atomic mass is 10.0. The van der Waals surface area contributed by atoms with Crippen LogP contribution in [-0.2, 0) is 28.6 Å². The van der Waals surface area contributed by atoms with E-state index in [9.17, 15) is 14.4 Å². The number of allylic oxidation sites excluding steroid dienone is 24. The molecule has 0 aliphatic carbocycles. The van der Waals surface area contributed by atoms with Gasteiger partial charge in [0.15, 0.2) is 6.10 Å². The zero-order chi connectivity index (χ0) is 52.2. The Labute approximate surface area is 442 Å². The molecule has 0 aliphatic heterocycles. The van der Waals surface area contributed by atoms with Crippen LogP contribution in [0.25, 0.3) is 0 Å². The lowest BCUT2D eigenvalue weighted by Gasteiger charge is -2.18. The highest BCUT2D eigenvalue weighted by Gasteiger charge is 2.19. The molecule has 0 saturated carbocycles. The summed E-state index contributed by atoms with van der Waals surface area (Å²) in [5, 5.41) is 0. The van der Waals surface area contributed by atoms with Crippen molar-refractivity contribution in [3.63, 3.8) is 0 Å². The Hall–Kier alpha value is -4.71. The van der Waals surface area contributed by atoms with E-state index in [4.69, 9.17) is 14.2 Å². The Morgan fingerprint density at radius 1 is 0.292 bits per heavy atom. The van der Waals surface area contributed by atoms with Gasteiger partial charge in [-0.3, -0.25) is 14.4 Å². The standard InChI is InChI=1S/C66H104O6/c1-4-7-10-13-16-19-22-25-27-28-29-30-31-32-33-34-35-36-37-38-39-42-44-47-50-53-56-59-65(68)71-62-63(61-70-64(67)58-55-52-49-46-43-40-24-21-18-15-12-9-6-3)72-66(69)60-57-54-51-48-45-41-26-23-20-17-14-11-8-5-2/h7,9-10,12,16,18-19,21,25,27,29-30,32-33,35-36,38-40,43-44,47,49,52,63H,4-6,8,11,13-15,17,20,22-24,26,28,31,34,37,41-42,45-46,48,50-51,53-62H2,1-3H3/b10-7-,12-9-,19-16-,21-18-,27-25-,30-29-,33-32-,36-35-,39-38-,43-40-,47-44-,52-49-. The minimum Gasteiger partial charge on any atom is -0.462 e. The first-order chi connectivity index (χ1) is 35.5. The van der Waals surface area contributed by atoms with E-state index >= 15 is 0 Å². The van der Waals surface area contributed by atoms with Gasteiger partial charge in [0.2, 0.25) is 0 Å². The van der Waals surface area contributed by atoms with Crippen LogP contribution in [0.2, 0.25) is 0 Å². The number of carbonyl (C=O) groups is 3. The van der Waals surface area contributed by atoms with Gasteiger partial charge in [0.25, 0.3) is 0 Å². The Balaban J connectivity index is 4.48. The van der Waals surface area contributed by atoms with E-state index in [2.05, 4.69) is 154 Å². The van der Waals surface area contributed by atoms with E-state index in [1.54, 1.807) is 0 Å². The van der Waals surface area contributed by atoms with E-state index in [1.165, 1.54) is 70.6 Å². The van der Waals surface area contributed by atoms with Crippen LogP contribution >= 0.6 is 0 Å². The molecule has 6 heteroatoms. The molecule has 1 atom stereocenters. The molecule has 0 aliphatic rings. The van der Waals surface area contributed by atoms with Crippen LogP contribution in [0.15, 0.2) is 146 Å². The zero-order valence-corrected chi connectivity index (χ0v) is 46.1. The molecular weight excluding hydrogens is 889 g/mol. The molecule has 0 spiro atoms. The van der Waals surface area contributed by atoms with Crippen LogP contribution in [0.3, 0.4) is 0 Å². The first kappa shape index (κ1) is 67.3. The monoisotopic (exact) mass is 993 g/mol. The molecule has 0 aromatic carbocycles. The Kier molecular flexibility index (Phi) is 55.0. The van der Waals surface area contributed by atoms with E-state index in [0.717, 1.165) is 109 Å². The van der Waals surface area contributed by atoms with Crippen molar-refractivity contribution >= 4 is 17.9 Å². The highest BCUT2D eigenvalue weighted by molar-refractivity contribution is 5.71. The summed E-state index contributed by atoms with van der Waals surface area (Å²) in [6, 6.07) is 0. The molecule has 0 radical (unpaired) electrons. The van der Waals surface area contributed by atoms with Crippen LogP contribution in [0, 0.1) is 0 Å². The molecule has 0 rings (SSSR count). The van der Waals surface area contributed by atoms with E-state index in [-0.39, 0.29) is 44.0 Å². The molecule has 0 fully saturated rings. The maximum atomic E-state index is 12.8. The third-order valence-electron chi connectivity index (χ3n) is 11.6. The Morgan fingerprint density at radius 2 is 0.569 bits per heavy atom. The van der Waals surface area contributed by atoms with Gasteiger partial charge in [-0.2, -0.15) is 0 Å². The number of unbranched alkanes of at least 4 members (excludes halogenated alkanes) is 15. The predicted molar refractivity (Wildman–Crippen MR) is 311 cm³/mol. The number of hydrogen-bond acceptors (Lipinski definition) is 6. The first-order valence-electron chi connectivity index (χ1n) is 28.8. The molecule has 404 valence electrons. The van der Waals surface area contributed by atoms with Crippen LogP contribution in [-0.4, -0.2) is 37.2 Å². The SMILES string of the molecule is CC/C=C\C/C=C\C/C=C\C/C=C\C/C=C\C/C=C\C/C=C\C/C=C\CCCCC(=O)OCC(COC(=O)CC/C=C\C/C=C\C/C=C\C/C=C\CC)OC(=O)CCCCCCCCCCCCCCCC. The molecular formula is C66H104O6. The quantitative estimate of drug-likeness (QED) is 0.0261. The van der Waals surface area contributed by atoms with Gasteiger partial charge >= 0.3 is 17.9 Å². The molecule has 1 unspecified atom stereocenters. The van der Waals surface area contributed by atoms with Crippen molar-refractivity contribution in [3.8, 4) is 0 Å². The molecule has 0 saturated heterocycles. The number of esters is 3. The minimum atomic E-state index is -0.829. The van der Waals surface area contributed by atoms with Crippen LogP contribution < -0.4 is 0 Å². The fourth-order valence-electron chi connectivity index (χ4n) is 7.35. The van der Waals surface area contributed by atoms with Crippen molar-refractivity contribution in [2.45, 2.75) is 239 Å². The predicted octanol–water partition coefficient (Wildman–Crippen LogP) is 19.6. The van der Waals surface area contributed by atoms with Gasteiger partial charge in [-0.15, -0.1) is 0 Å². The number of rotatable bonds is 50. The topological polar surface area (TPSA) is 78.9 Å². The van der Waals surface area contributed by atoms with Gasteiger partial charge < -0.3 is 14.2 Å². The van der Waals surface area contributed by atoms with Gasteiger partial charge in [0, 0.05) is 19.3 Å². The molecule has 0 amide bonds. The second-order valence-corrected chi connectivity index (χ2v) is 18.4. The average Bonchev–Trinajstić information content (AvgIpc) is 3.38. The molecule has 0 aromatic rings.